The SMILES string of the molecule is O=CCCC1=NOC2CCCC=C12. The number of allylic oxidation sites excluding steroid dienone is 1. The molecule has 0 N–H and O–H groups in total. The highest BCUT2D eigenvalue weighted by molar-refractivity contribution is 6.02. The van der Waals surface area contributed by atoms with E-state index in [4.69, 9.17) is 4.84 Å². The molecule has 1 aliphatic carbocycles. The van der Waals surface area contributed by atoms with Gasteiger partial charge in [0.15, 0.2) is 6.10 Å². The molecule has 1 heterocycles. The van der Waals surface area contributed by atoms with Crippen molar-refractivity contribution in [3.63, 3.8) is 0 Å². The molecule has 0 spiro atoms. The second-order valence-corrected chi connectivity index (χ2v) is 3.43. The van der Waals surface area contributed by atoms with Crippen LogP contribution in [-0.2, 0) is 9.63 Å². The molecule has 0 saturated heterocycles. The molecule has 13 heavy (non-hydrogen) atoms. The molecule has 1 atom stereocenters. The Morgan fingerprint density at radius 2 is 2.62 bits per heavy atom. The summed E-state index contributed by atoms with van der Waals surface area (Å²) in [7, 11) is 0. The zero-order valence-corrected chi connectivity index (χ0v) is 7.53. The largest absolute Gasteiger partial charge is 0.387 e. The standard InChI is InChI=1S/C10H13NO2/c12-7-3-5-9-8-4-1-2-6-10(8)13-11-9/h4,7,10H,1-3,5-6H2. The third-order valence-electron chi connectivity index (χ3n) is 2.50. The smallest absolute Gasteiger partial charge is 0.154 e. The van der Waals surface area contributed by atoms with Crippen LogP contribution in [0.2, 0.25) is 0 Å². The van der Waals surface area contributed by atoms with Crippen molar-refractivity contribution >= 4 is 12.0 Å². The molecule has 1 unspecified atom stereocenters. The number of oxime groups is 1. The van der Waals surface area contributed by atoms with Crippen molar-refractivity contribution in [1.29, 1.82) is 0 Å². The van der Waals surface area contributed by atoms with Gasteiger partial charge in [-0.05, 0) is 25.7 Å². The molecule has 3 heteroatoms. The summed E-state index contributed by atoms with van der Waals surface area (Å²) in [5.74, 6) is 0. The molecular formula is C10H13NO2. The van der Waals surface area contributed by atoms with Crippen molar-refractivity contribution in [2.24, 2.45) is 5.16 Å². The summed E-state index contributed by atoms with van der Waals surface area (Å²) in [4.78, 5) is 15.5. The maximum absolute atomic E-state index is 10.2. The van der Waals surface area contributed by atoms with Crippen molar-refractivity contribution in [2.75, 3.05) is 0 Å². The van der Waals surface area contributed by atoms with Gasteiger partial charge in [-0.3, -0.25) is 0 Å². The predicted molar refractivity (Wildman–Crippen MR) is 49.5 cm³/mol. The first-order valence-electron chi connectivity index (χ1n) is 4.78. The third-order valence-corrected chi connectivity index (χ3v) is 2.50. The molecule has 2 rings (SSSR count). The number of carbonyl (C=O) groups is 1. The van der Waals surface area contributed by atoms with E-state index in [0.29, 0.717) is 6.42 Å². The third kappa shape index (κ3) is 1.64. The molecule has 0 aromatic rings. The zero-order chi connectivity index (χ0) is 9.10. The van der Waals surface area contributed by atoms with Gasteiger partial charge in [0, 0.05) is 12.0 Å². The first-order chi connectivity index (χ1) is 6.42. The molecule has 3 nitrogen and oxygen atoms in total. The first-order valence-corrected chi connectivity index (χ1v) is 4.78. The lowest BCUT2D eigenvalue weighted by Crippen LogP contribution is -2.15. The number of hydrogen-bond acceptors (Lipinski definition) is 3. The van der Waals surface area contributed by atoms with Gasteiger partial charge in [-0.25, -0.2) is 0 Å². The second-order valence-electron chi connectivity index (χ2n) is 3.43. The highest BCUT2D eigenvalue weighted by atomic mass is 16.6. The van der Waals surface area contributed by atoms with Crippen LogP contribution in [-0.4, -0.2) is 18.1 Å². The van der Waals surface area contributed by atoms with Crippen molar-refractivity contribution < 1.29 is 9.63 Å². The molecule has 0 bridgehead atoms. The maximum Gasteiger partial charge on any atom is 0.154 e. The lowest BCUT2D eigenvalue weighted by Gasteiger charge is -2.14. The van der Waals surface area contributed by atoms with Crippen LogP contribution in [0.5, 0.6) is 0 Å². The zero-order valence-electron chi connectivity index (χ0n) is 7.53. The summed E-state index contributed by atoms with van der Waals surface area (Å²) in [6.07, 6.45) is 7.97. The predicted octanol–water partition coefficient (Wildman–Crippen LogP) is 1.83. The van der Waals surface area contributed by atoms with Gasteiger partial charge in [0.2, 0.25) is 0 Å². The lowest BCUT2D eigenvalue weighted by molar-refractivity contribution is -0.107. The van der Waals surface area contributed by atoms with Crippen LogP contribution in [0.15, 0.2) is 16.8 Å². The Balaban J connectivity index is 2.04. The molecule has 1 aliphatic heterocycles. The lowest BCUT2D eigenvalue weighted by atomic mass is 9.92. The van der Waals surface area contributed by atoms with Gasteiger partial charge in [-0.15, -0.1) is 0 Å². The summed E-state index contributed by atoms with van der Waals surface area (Å²) < 4.78 is 0. The van der Waals surface area contributed by atoms with E-state index in [1.165, 1.54) is 12.0 Å². The summed E-state index contributed by atoms with van der Waals surface area (Å²) in [6.45, 7) is 0. The van der Waals surface area contributed by atoms with E-state index in [1.807, 2.05) is 0 Å². The first kappa shape index (κ1) is 8.48. The van der Waals surface area contributed by atoms with Crippen LogP contribution in [0.25, 0.3) is 0 Å². The minimum Gasteiger partial charge on any atom is -0.387 e. The van der Waals surface area contributed by atoms with E-state index < -0.39 is 0 Å². The van der Waals surface area contributed by atoms with Gasteiger partial charge < -0.3 is 9.63 Å². The minimum atomic E-state index is 0.190. The van der Waals surface area contributed by atoms with Gasteiger partial charge in [0.05, 0.1) is 5.71 Å². The molecule has 0 fully saturated rings. The minimum absolute atomic E-state index is 0.190. The molecule has 0 amide bonds. The molecule has 0 radical (unpaired) electrons. The van der Waals surface area contributed by atoms with E-state index >= 15 is 0 Å². The number of nitrogens with zero attached hydrogens (tertiary/aromatic N) is 1. The van der Waals surface area contributed by atoms with Gasteiger partial charge in [0.1, 0.15) is 6.29 Å². The van der Waals surface area contributed by atoms with Crippen LogP contribution in [0.3, 0.4) is 0 Å². The topological polar surface area (TPSA) is 38.7 Å². The Labute approximate surface area is 77.4 Å². The van der Waals surface area contributed by atoms with Gasteiger partial charge >= 0.3 is 0 Å². The molecule has 2 aliphatic rings. The fourth-order valence-corrected chi connectivity index (χ4v) is 1.83. The normalized spacial score (nSPS) is 25.7. The monoisotopic (exact) mass is 179 g/mol. The van der Waals surface area contributed by atoms with E-state index in [0.717, 1.165) is 31.3 Å². The average molecular weight is 179 g/mol. The summed E-state index contributed by atoms with van der Waals surface area (Å²) >= 11 is 0. The van der Waals surface area contributed by atoms with E-state index in [9.17, 15) is 4.79 Å². The van der Waals surface area contributed by atoms with Crippen molar-refractivity contribution in [2.45, 2.75) is 38.2 Å². The number of fused-ring (bicyclic) bond motifs is 1. The van der Waals surface area contributed by atoms with Crippen molar-refractivity contribution in [3.05, 3.63) is 11.6 Å². The van der Waals surface area contributed by atoms with Gasteiger partial charge in [0.25, 0.3) is 0 Å². The van der Waals surface area contributed by atoms with Crippen molar-refractivity contribution in [3.8, 4) is 0 Å². The Bertz CT molecular complexity index is 268. The Morgan fingerprint density at radius 3 is 3.46 bits per heavy atom. The van der Waals surface area contributed by atoms with E-state index in [2.05, 4.69) is 11.2 Å². The fraction of sp³-hybridized carbons (Fsp3) is 0.600. The molecular weight excluding hydrogens is 166 g/mol. The van der Waals surface area contributed by atoms with E-state index in [1.54, 1.807) is 0 Å². The average Bonchev–Trinajstić information content (AvgIpc) is 2.58. The van der Waals surface area contributed by atoms with Crippen LogP contribution in [0.4, 0.5) is 0 Å². The second kappa shape index (κ2) is 3.73. The molecule has 70 valence electrons. The quantitative estimate of drug-likeness (QED) is 0.620. The summed E-state index contributed by atoms with van der Waals surface area (Å²) in [6, 6.07) is 0. The van der Waals surface area contributed by atoms with Crippen molar-refractivity contribution in [1.82, 2.24) is 0 Å². The van der Waals surface area contributed by atoms with Crippen LogP contribution in [0, 0.1) is 0 Å². The van der Waals surface area contributed by atoms with Crippen LogP contribution >= 0.6 is 0 Å². The van der Waals surface area contributed by atoms with E-state index in [-0.39, 0.29) is 6.10 Å². The van der Waals surface area contributed by atoms with Gasteiger partial charge in [-0.1, -0.05) is 11.2 Å². The number of rotatable bonds is 3. The number of carbonyl (C=O) groups excluding carboxylic acids is 1. The fourth-order valence-electron chi connectivity index (χ4n) is 1.83. The summed E-state index contributed by atoms with van der Waals surface area (Å²) in [5, 5.41) is 4.01. The van der Waals surface area contributed by atoms with Crippen LogP contribution in [0.1, 0.15) is 32.1 Å². The van der Waals surface area contributed by atoms with Gasteiger partial charge in [-0.2, -0.15) is 0 Å². The highest BCUT2D eigenvalue weighted by Crippen LogP contribution is 2.28. The molecule has 0 saturated carbocycles. The Kier molecular flexibility index (Phi) is 2.43. The number of hydrogen-bond donors (Lipinski definition) is 0. The Morgan fingerprint density at radius 1 is 1.69 bits per heavy atom. The summed E-state index contributed by atoms with van der Waals surface area (Å²) in [5.41, 5.74) is 2.21. The highest BCUT2D eigenvalue weighted by Gasteiger charge is 2.28. The maximum atomic E-state index is 10.2. The number of aldehydes is 1. The molecule has 0 aromatic carbocycles. The Hall–Kier alpha value is -1.12. The molecule has 0 aromatic heterocycles. The van der Waals surface area contributed by atoms with Crippen LogP contribution < -0.4 is 0 Å².